The highest BCUT2D eigenvalue weighted by atomic mass is 16.5. The van der Waals surface area contributed by atoms with Gasteiger partial charge in [0.05, 0.1) is 13.0 Å². The number of carbonyl (C=O) groups is 3. The zero-order valence-electron chi connectivity index (χ0n) is 15.9. The van der Waals surface area contributed by atoms with Crippen molar-refractivity contribution in [2.45, 2.75) is 38.6 Å². The molecular formula is C20H27N3O4. The predicted molar refractivity (Wildman–Crippen MR) is 101 cm³/mol. The molecule has 0 unspecified atom stereocenters. The van der Waals surface area contributed by atoms with Crippen LogP contribution in [0.3, 0.4) is 0 Å². The zero-order chi connectivity index (χ0) is 19.4. The Morgan fingerprint density at radius 2 is 1.81 bits per heavy atom. The van der Waals surface area contributed by atoms with Crippen molar-refractivity contribution >= 4 is 23.4 Å². The number of piperidine rings is 1. The summed E-state index contributed by atoms with van der Waals surface area (Å²) in [5.41, 5.74) is 0.744. The highest BCUT2D eigenvalue weighted by molar-refractivity contribution is 6.01. The van der Waals surface area contributed by atoms with Crippen LogP contribution in [0.15, 0.2) is 24.3 Å². The van der Waals surface area contributed by atoms with Crippen LogP contribution in [0.1, 0.15) is 32.6 Å². The molecule has 2 fully saturated rings. The van der Waals surface area contributed by atoms with Crippen LogP contribution in [0.5, 0.6) is 5.75 Å². The van der Waals surface area contributed by atoms with Crippen LogP contribution in [0.25, 0.3) is 0 Å². The summed E-state index contributed by atoms with van der Waals surface area (Å²) in [6, 6.07) is 6.62. The second-order valence-electron chi connectivity index (χ2n) is 7.22. The van der Waals surface area contributed by atoms with Crippen LogP contribution in [-0.4, -0.2) is 55.4 Å². The number of methoxy groups -OCH3 is 1. The van der Waals surface area contributed by atoms with Crippen LogP contribution in [0, 0.1) is 5.92 Å². The van der Waals surface area contributed by atoms with Gasteiger partial charge < -0.3 is 19.9 Å². The van der Waals surface area contributed by atoms with E-state index in [0.717, 1.165) is 38.0 Å². The number of carbonyl (C=O) groups excluding carboxylic acids is 3. The number of nitrogens with zero attached hydrogens (tertiary/aromatic N) is 2. The first-order valence-corrected chi connectivity index (χ1v) is 9.53. The van der Waals surface area contributed by atoms with E-state index in [1.807, 2.05) is 4.90 Å². The average molecular weight is 373 g/mol. The van der Waals surface area contributed by atoms with Crippen molar-refractivity contribution in [3.8, 4) is 5.75 Å². The van der Waals surface area contributed by atoms with E-state index < -0.39 is 12.0 Å². The highest BCUT2D eigenvalue weighted by Gasteiger charge is 2.36. The minimum Gasteiger partial charge on any atom is -0.497 e. The quantitative estimate of drug-likeness (QED) is 0.850. The molecule has 7 heteroatoms. The summed E-state index contributed by atoms with van der Waals surface area (Å²) in [5.74, 6) is -0.104. The van der Waals surface area contributed by atoms with Gasteiger partial charge in [0, 0.05) is 31.7 Å². The first-order chi connectivity index (χ1) is 13.0. The zero-order valence-corrected chi connectivity index (χ0v) is 15.9. The summed E-state index contributed by atoms with van der Waals surface area (Å²) < 4.78 is 5.13. The van der Waals surface area contributed by atoms with E-state index in [1.165, 1.54) is 0 Å². The van der Waals surface area contributed by atoms with Gasteiger partial charge in [0.1, 0.15) is 11.8 Å². The Bertz CT molecular complexity index is 698. The minimum atomic E-state index is -0.569. The van der Waals surface area contributed by atoms with Crippen molar-refractivity contribution in [3.05, 3.63) is 24.3 Å². The summed E-state index contributed by atoms with van der Waals surface area (Å²) in [6.07, 6.45) is 3.33. The van der Waals surface area contributed by atoms with Gasteiger partial charge in [-0.3, -0.25) is 14.4 Å². The molecule has 0 aliphatic carbocycles. The molecule has 1 aromatic rings. The summed E-state index contributed by atoms with van der Waals surface area (Å²) in [6.45, 7) is 3.55. The molecule has 3 amide bonds. The molecule has 1 N–H and O–H groups in total. The molecule has 2 atom stereocenters. The first-order valence-electron chi connectivity index (χ1n) is 9.53. The number of hydrogen-bond donors (Lipinski definition) is 1. The lowest BCUT2D eigenvalue weighted by molar-refractivity contribution is -0.137. The molecule has 2 aliphatic rings. The van der Waals surface area contributed by atoms with Gasteiger partial charge in [0.15, 0.2) is 0 Å². The number of ether oxygens (including phenoxy) is 1. The molecule has 27 heavy (non-hydrogen) atoms. The normalized spacial score (nSPS) is 21.1. The topological polar surface area (TPSA) is 79.0 Å². The van der Waals surface area contributed by atoms with E-state index >= 15 is 0 Å². The maximum absolute atomic E-state index is 12.6. The van der Waals surface area contributed by atoms with E-state index in [4.69, 9.17) is 4.74 Å². The van der Waals surface area contributed by atoms with Crippen molar-refractivity contribution < 1.29 is 19.1 Å². The number of hydrogen-bond acceptors (Lipinski definition) is 4. The van der Waals surface area contributed by atoms with E-state index in [-0.39, 0.29) is 24.1 Å². The molecule has 146 valence electrons. The van der Waals surface area contributed by atoms with Crippen LogP contribution < -0.4 is 15.0 Å². The Labute approximate surface area is 159 Å². The van der Waals surface area contributed by atoms with Gasteiger partial charge in [-0.1, -0.05) is 0 Å². The Balaban J connectivity index is 1.57. The third-order valence-corrected chi connectivity index (χ3v) is 5.28. The average Bonchev–Trinajstić information content (AvgIpc) is 3.10. The molecule has 0 aromatic heterocycles. The van der Waals surface area contributed by atoms with E-state index in [9.17, 15) is 14.4 Å². The number of rotatable bonds is 5. The molecule has 2 saturated heterocycles. The Kier molecular flexibility index (Phi) is 5.98. The Hall–Kier alpha value is -2.57. The Morgan fingerprint density at radius 1 is 1.15 bits per heavy atom. The summed E-state index contributed by atoms with van der Waals surface area (Å²) in [4.78, 5) is 40.8. The van der Waals surface area contributed by atoms with E-state index in [0.29, 0.717) is 12.3 Å². The van der Waals surface area contributed by atoms with Crippen molar-refractivity contribution in [1.29, 1.82) is 0 Å². The van der Waals surface area contributed by atoms with Crippen LogP contribution in [-0.2, 0) is 14.4 Å². The molecule has 1 aromatic carbocycles. The molecule has 0 spiro atoms. The molecule has 3 rings (SSSR count). The van der Waals surface area contributed by atoms with Gasteiger partial charge in [-0.05, 0) is 50.5 Å². The summed E-state index contributed by atoms with van der Waals surface area (Å²) in [7, 11) is 1.59. The highest BCUT2D eigenvalue weighted by Crippen LogP contribution is 2.27. The molecule has 2 heterocycles. The lowest BCUT2D eigenvalue weighted by Gasteiger charge is -2.29. The third kappa shape index (κ3) is 4.40. The maximum atomic E-state index is 12.6. The number of amides is 3. The third-order valence-electron chi connectivity index (χ3n) is 5.28. The first kappa shape index (κ1) is 19.2. The van der Waals surface area contributed by atoms with E-state index in [1.54, 1.807) is 43.2 Å². The van der Waals surface area contributed by atoms with Gasteiger partial charge >= 0.3 is 0 Å². The molecular weight excluding hydrogens is 346 g/mol. The largest absolute Gasteiger partial charge is 0.497 e. The van der Waals surface area contributed by atoms with Crippen molar-refractivity contribution in [2.24, 2.45) is 5.92 Å². The van der Waals surface area contributed by atoms with Crippen LogP contribution >= 0.6 is 0 Å². The predicted octanol–water partition coefficient (Wildman–Crippen LogP) is 1.57. The second kappa shape index (κ2) is 8.41. The fourth-order valence-electron chi connectivity index (χ4n) is 3.68. The molecule has 0 saturated carbocycles. The van der Waals surface area contributed by atoms with Gasteiger partial charge in [-0.25, -0.2) is 0 Å². The van der Waals surface area contributed by atoms with Gasteiger partial charge in [0.2, 0.25) is 17.7 Å². The molecule has 2 aliphatic heterocycles. The van der Waals surface area contributed by atoms with Crippen LogP contribution in [0.4, 0.5) is 5.69 Å². The lowest BCUT2D eigenvalue weighted by atomic mass is 10.1. The van der Waals surface area contributed by atoms with Crippen molar-refractivity contribution in [3.63, 3.8) is 0 Å². The van der Waals surface area contributed by atoms with Gasteiger partial charge in [-0.15, -0.1) is 0 Å². The minimum absolute atomic E-state index is 0.0422. The Morgan fingerprint density at radius 3 is 2.44 bits per heavy atom. The summed E-state index contributed by atoms with van der Waals surface area (Å²) in [5, 5.41) is 2.80. The standard InChI is InChI=1S/C20H27N3O4/c1-14(20(26)22-10-4-3-5-11-22)21-19(25)15-12-18(24)23(13-15)16-6-8-17(27-2)9-7-16/h6-9,14-15H,3-5,10-13H2,1-2H3,(H,21,25)/t14-,15-/m0/s1. The van der Waals surface area contributed by atoms with Crippen molar-refractivity contribution in [1.82, 2.24) is 10.2 Å². The SMILES string of the molecule is COc1ccc(N2C[C@@H](C(=O)N[C@@H](C)C(=O)N3CCCCC3)CC2=O)cc1. The second-order valence-corrected chi connectivity index (χ2v) is 7.22. The van der Waals surface area contributed by atoms with Gasteiger partial charge in [-0.2, -0.15) is 0 Å². The molecule has 0 bridgehead atoms. The smallest absolute Gasteiger partial charge is 0.244 e. The summed E-state index contributed by atoms with van der Waals surface area (Å²) >= 11 is 0. The number of likely N-dealkylation sites (tertiary alicyclic amines) is 1. The maximum Gasteiger partial charge on any atom is 0.244 e. The van der Waals surface area contributed by atoms with Crippen molar-refractivity contribution in [2.75, 3.05) is 31.6 Å². The molecule has 0 radical (unpaired) electrons. The monoisotopic (exact) mass is 373 g/mol. The number of anilines is 1. The number of nitrogens with one attached hydrogen (secondary N) is 1. The lowest BCUT2D eigenvalue weighted by Crippen LogP contribution is -2.50. The van der Waals surface area contributed by atoms with Gasteiger partial charge in [0.25, 0.3) is 0 Å². The molecule has 7 nitrogen and oxygen atoms in total. The number of benzene rings is 1. The van der Waals surface area contributed by atoms with E-state index in [2.05, 4.69) is 5.32 Å². The fraction of sp³-hybridized carbons (Fsp3) is 0.550. The fourth-order valence-corrected chi connectivity index (χ4v) is 3.68. The van der Waals surface area contributed by atoms with Crippen LogP contribution in [0.2, 0.25) is 0 Å².